The number of aromatic amines is 1. The Morgan fingerprint density at radius 2 is 2.05 bits per heavy atom. The van der Waals surface area contributed by atoms with E-state index in [1.54, 1.807) is 0 Å². The molecule has 1 aromatic carbocycles. The molecular formula is C13H16N4O2S. The highest BCUT2D eigenvalue weighted by Gasteiger charge is 2.08. The number of imidazole rings is 1. The van der Waals surface area contributed by atoms with Crippen LogP contribution in [0.4, 0.5) is 0 Å². The van der Waals surface area contributed by atoms with Gasteiger partial charge in [0.05, 0.1) is 23.3 Å². The van der Waals surface area contributed by atoms with Crippen molar-refractivity contribution in [3.63, 3.8) is 0 Å². The number of amides is 2. The Morgan fingerprint density at radius 1 is 1.25 bits per heavy atom. The molecule has 0 saturated carbocycles. The SMILES string of the molecule is CCNC(=O)CNC(=O)CSc1nc2ccccc2[nH]1. The average Bonchev–Trinajstić information content (AvgIpc) is 2.86. The number of carbonyl (C=O) groups is 2. The summed E-state index contributed by atoms with van der Waals surface area (Å²) in [5.41, 5.74) is 1.82. The maximum absolute atomic E-state index is 11.6. The van der Waals surface area contributed by atoms with Crippen LogP contribution >= 0.6 is 11.8 Å². The summed E-state index contributed by atoms with van der Waals surface area (Å²) in [6.45, 7) is 2.40. The Bertz CT molecular complexity index is 578. The number of aromatic nitrogens is 2. The van der Waals surface area contributed by atoms with Crippen LogP contribution in [0.15, 0.2) is 29.4 Å². The summed E-state index contributed by atoms with van der Waals surface area (Å²) < 4.78 is 0. The molecule has 0 radical (unpaired) electrons. The van der Waals surface area contributed by atoms with Crippen molar-refractivity contribution in [2.24, 2.45) is 0 Å². The summed E-state index contributed by atoms with van der Waals surface area (Å²) in [4.78, 5) is 30.3. The van der Waals surface area contributed by atoms with Crippen molar-refractivity contribution in [3.05, 3.63) is 24.3 Å². The molecule has 0 unspecified atom stereocenters. The number of hydrogen-bond donors (Lipinski definition) is 3. The molecule has 20 heavy (non-hydrogen) atoms. The van der Waals surface area contributed by atoms with Crippen LogP contribution in [0.3, 0.4) is 0 Å². The number of nitrogens with one attached hydrogen (secondary N) is 3. The lowest BCUT2D eigenvalue weighted by atomic mass is 10.3. The normalized spacial score (nSPS) is 10.4. The van der Waals surface area contributed by atoms with E-state index in [1.165, 1.54) is 11.8 Å². The topological polar surface area (TPSA) is 86.9 Å². The lowest BCUT2D eigenvalue weighted by molar-refractivity contribution is -0.124. The number of thioether (sulfide) groups is 1. The van der Waals surface area contributed by atoms with Crippen molar-refractivity contribution in [2.75, 3.05) is 18.8 Å². The molecule has 0 aliphatic heterocycles. The number of fused-ring (bicyclic) bond motifs is 1. The maximum atomic E-state index is 11.6. The fourth-order valence-corrected chi connectivity index (χ4v) is 2.34. The standard InChI is InChI=1S/C13H16N4O2S/c1-2-14-11(18)7-15-12(19)8-20-13-16-9-5-3-4-6-10(9)17-13/h3-6H,2,7-8H2,1H3,(H,14,18)(H,15,19)(H,16,17). The number of H-pyrrole nitrogens is 1. The molecular weight excluding hydrogens is 276 g/mol. The largest absolute Gasteiger partial charge is 0.355 e. The third-order valence-electron chi connectivity index (χ3n) is 2.53. The molecule has 2 rings (SSSR count). The number of nitrogens with zero attached hydrogens (tertiary/aromatic N) is 1. The van der Waals surface area contributed by atoms with E-state index in [0.717, 1.165) is 11.0 Å². The van der Waals surface area contributed by atoms with Gasteiger partial charge in [0.2, 0.25) is 11.8 Å². The van der Waals surface area contributed by atoms with Gasteiger partial charge >= 0.3 is 0 Å². The Kier molecular flexibility index (Phi) is 5.00. The Balaban J connectivity index is 1.79. The van der Waals surface area contributed by atoms with Gasteiger partial charge < -0.3 is 15.6 Å². The summed E-state index contributed by atoms with van der Waals surface area (Å²) in [6.07, 6.45) is 0. The first-order valence-corrected chi connectivity index (χ1v) is 7.28. The molecule has 6 nitrogen and oxygen atoms in total. The van der Waals surface area contributed by atoms with E-state index in [9.17, 15) is 9.59 Å². The van der Waals surface area contributed by atoms with E-state index >= 15 is 0 Å². The lowest BCUT2D eigenvalue weighted by Gasteiger charge is -2.04. The number of carbonyl (C=O) groups excluding carboxylic acids is 2. The van der Waals surface area contributed by atoms with E-state index in [4.69, 9.17) is 0 Å². The quantitative estimate of drug-likeness (QED) is 0.691. The van der Waals surface area contributed by atoms with Crippen LogP contribution in [-0.4, -0.2) is 40.6 Å². The molecule has 1 aromatic heterocycles. The van der Waals surface area contributed by atoms with Crippen LogP contribution in [0.25, 0.3) is 11.0 Å². The van der Waals surface area contributed by atoms with Gasteiger partial charge in [-0.2, -0.15) is 0 Å². The zero-order valence-corrected chi connectivity index (χ0v) is 11.9. The van der Waals surface area contributed by atoms with Crippen molar-refractivity contribution in [1.82, 2.24) is 20.6 Å². The molecule has 7 heteroatoms. The monoisotopic (exact) mass is 292 g/mol. The van der Waals surface area contributed by atoms with Gasteiger partial charge in [0.1, 0.15) is 0 Å². The first-order valence-electron chi connectivity index (χ1n) is 6.30. The first kappa shape index (κ1) is 14.4. The number of likely N-dealkylation sites (N-methyl/N-ethyl adjacent to an activating group) is 1. The highest BCUT2D eigenvalue weighted by Crippen LogP contribution is 2.18. The summed E-state index contributed by atoms with van der Waals surface area (Å²) in [7, 11) is 0. The van der Waals surface area contributed by atoms with Gasteiger partial charge in [-0.3, -0.25) is 9.59 Å². The fourth-order valence-electron chi connectivity index (χ4n) is 1.62. The van der Waals surface area contributed by atoms with Crippen LogP contribution in [0, 0.1) is 0 Å². The second-order valence-electron chi connectivity index (χ2n) is 4.08. The van der Waals surface area contributed by atoms with Gasteiger partial charge in [-0.05, 0) is 19.1 Å². The summed E-state index contributed by atoms with van der Waals surface area (Å²) >= 11 is 1.31. The third-order valence-corrected chi connectivity index (χ3v) is 3.40. The first-order chi connectivity index (χ1) is 9.69. The minimum absolute atomic E-state index is 0.00731. The van der Waals surface area contributed by atoms with Gasteiger partial charge in [-0.25, -0.2) is 4.98 Å². The van der Waals surface area contributed by atoms with E-state index in [-0.39, 0.29) is 24.1 Å². The molecule has 2 amide bonds. The Labute approximate surface area is 120 Å². The van der Waals surface area contributed by atoms with Crippen LogP contribution in [0.1, 0.15) is 6.92 Å². The summed E-state index contributed by atoms with van der Waals surface area (Å²) in [5, 5.41) is 5.87. The Hall–Kier alpha value is -2.02. The lowest BCUT2D eigenvalue weighted by Crippen LogP contribution is -2.37. The number of rotatable bonds is 6. The molecule has 3 N–H and O–H groups in total. The number of benzene rings is 1. The molecule has 0 spiro atoms. The van der Waals surface area contributed by atoms with Crippen molar-refractivity contribution < 1.29 is 9.59 Å². The molecule has 106 valence electrons. The minimum Gasteiger partial charge on any atom is -0.355 e. The zero-order valence-electron chi connectivity index (χ0n) is 11.1. The van der Waals surface area contributed by atoms with Crippen LogP contribution in [0.5, 0.6) is 0 Å². The predicted octanol–water partition coefficient (Wildman–Crippen LogP) is 0.907. The van der Waals surface area contributed by atoms with Crippen LogP contribution in [0.2, 0.25) is 0 Å². The maximum Gasteiger partial charge on any atom is 0.239 e. The average molecular weight is 292 g/mol. The zero-order chi connectivity index (χ0) is 14.4. The number of para-hydroxylation sites is 2. The van der Waals surface area contributed by atoms with E-state index in [2.05, 4.69) is 20.6 Å². The predicted molar refractivity (Wildman–Crippen MR) is 78.5 cm³/mol. The van der Waals surface area contributed by atoms with E-state index < -0.39 is 0 Å². The molecule has 2 aromatic rings. The molecule has 0 bridgehead atoms. The van der Waals surface area contributed by atoms with E-state index in [1.807, 2.05) is 31.2 Å². The van der Waals surface area contributed by atoms with Crippen molar-refractivity contribution >= 4 is 34.6 Å². The van der Waals surface area contributed by atoms with E-state index in [0.29, 0.717) is 11.7 Å². The molecule has 1 heterocycles. The van der Waals surface area contributed by atoms with Gasteiger partial charge in [0, 0.05) is 6.54 Å². The fraction of sp³-hybridized carbons (Fsp3) is 0.308. The van der Waals surface area contributed by atoms with Crippen molar-refractivity contribution in [1.29, 1.82) is 0 Å². The van der Waals surface area contributed by atoms with Crippen molar-refractivity contribution in [3.8, 4) is 0 Å². The molecule has 0 aliphatic rings. The second kappa shape index (κ2) is 6.95. The summed E-state index contributed by atoms with van der Waals surface area (Å²) in [6, 6.07) is 7.68. The van der Waals surface area contributed by atoms with Gasteiger partial charge in [0.15, 0.2) is 5.16 Å². The van der Waals surface area contributed by atoms with Crippen LogP contribution in [-0.2, 0) is 9.59 Å². The van der Waals surface area contributed by atoms with Crippen LogP contribution < -0.4 is 10.6 Å². The second-order valence-corrected chi connectivity index (χ2v) is 5.04. The van der Waals surface area contributed by atoms with Gasteiger partial charge in [0.25, 0.3) is 0 Å². The Morgan fingerprint density at radius 3 is 2.80 bits per heavy atom. The molecule has 0 saturated heterocycles. The summed E-state index contributed by atoms with van der Waals surface area (Å²) in [5.74, 6) is -0.157. The highest BCUT2D eigenvalue weighted by molar-refractivity contribution is 7.99. The molecule has 0 fully saturated rings. The van der Waals surface area contributed by atoms with Gasteiger partial charge in [-0.1, -0.05) is 23.9 Å². The smallest absolute Gasteiger partial charge is 0.239 e. The van der Waals surface area contributed by atoms with Crippen molar-refractivity contribution in [2.45, 2.75) is 12.1 Å². The highest BCUT2D eigenvalue weighted by atomic mass is 32.2. The molecule has 0 atom stereocenters. The third kappa shape index (κ3) is 3.99. The minimum atomic E-state index is -0.193. The number of hydrogen-bond acceptors (Lipinski definition) is 4. The molecule has 0 aliphatic carbocycles. The van der Waals surface area contributed by atoms with Gasteiger partial charge in [-0.15, -0.1) is 0 Å².